The molecule has 0 aromatic heterocycles. The number of aromatic carboxylic acids is 1. The van der Waals surface area contributed by atoms with Crippen molar-refractivity contribution < 1.29 is 9.90 Å². The standard InChI is InChI=1S/C14H11BrClNO2/c15-10-3-1-2-9(6-10)8-17-13-5-4-11(16)7-12(13)14(18)19/h1-7,17H,8H2,(H,18,19). The molecule has 5 heteroatoms. The van der Waals surface area contributed by atoms with Gasteiger partial charge in [0.25, 0.3) is 0 Å². The van der Waals surface area contributed by atoms with E-state index in [0.717, 1.165) is 10.0 Å². The van der Waals surface area contributed by atoms with Crippen molar-refractivity contribution in [2.75, 3.05) is 5.32 Å². The van der Waals surface area contributed by atoms with Crippen LogP contribution in [0.2, 0.25) is 5.02 Å². The van der Waals surface area contributed by atoms with Crippen LogP contribution in [0.25, 0.3) is 0 Å². The van der Waals surface area contributed by atoms with Crippen LogP contribution in [0.15, 0.2) is 46.9 Å². The summed E-state index contributed by atoms with van der Waals surface area (Å²) in [6.45, 7) is 0.543. The summed E-state index contributed by atoms with van der Waals surface area (Å²) in [5, 5.41) is 12.6. The number of anilines is 1. The molecule has 0 bridgehead atoms. The highest BCUT2D eigenvalue weighted by Crippen LogP contribution is 2.22. The van der Waals surface area contributed by atoms with Gasteiger partial charge in [0.1, 0.15) is 0 Å². The summed E-state index contributed by atoms with van der Waals surface area (Å²) < 4.78 is 0.987. The van der Waals surface area contributed by atoms with Crippen LogP contribution in [0.4, 0.5) is 5.69 Å². The maximum absolute atomic E-state index is 11.1. The number of hydrogen-bond donors (Lipinski definition) is 2. The van der Waals surface area contributed by atoms with Gasteiger partial charge in [-0.25, -0.2) is 4.79 Å². The fourth-order valence-electron chi connectivity index (χ4n) is 1.69. The van der Waals surface area contributed by atoms with Crippen LogP contribution in [-0.4, -0.2) is 11.1 Å². The zero-order valence-corrected chi connectivity index (χ0v) is 12.2. The van der Waals surface area contributed by atoms with E-state index < -0.39 is 5.97 Å². The van der Waals surface area contributed by atoms with Crippen LogP contribution in [0.1, 0.15) is 15.9 Å². The summed E-state index contributed by atoms with van der Waals surface area (Å²) in [4.78, 5) is 11.1. The Balaban J connectivity index is 2.17. The second-order valence-corrected chi connectivity index (χ2v) is 5.33. The predicted octanol–water partition coefficient (Wildman–Crippen LogP) is 4.41. The molecule has 0 saturated heterocycles. The molecule has 2 aromatic rings. The van der Waals surface area contributed by atoms with Gasteiger partial charge in [-0.15, -0.1) is 0 Å². The van der Waals surface area contributed by atoms with Crippen LogP contribution >= 0.6 is 27.5 Å². The van der Waals surface area contributed by atoms with E-state index >= 15 is 0 Å². The zero-order valence-electron chi connectivity index (χ0n) is 9.86. The Morgan fingerprint density at radius 2 is 2.05 bits per heavy atom. The molecular formula is C14H11BrClNO2. The molecule has 0 atom stereocenters. The Bertz CT molecular complexity index is 616. The van der Waals surface area contributed by atoms with Crippen LogP contribution in [0, 0.1) is 0 Å². The van der Waals surface area contributed by atoms with Crippen molar-refractivity contribution in [3.8, 4) is 0 Å². The molecule has 2 rings (SSSR count). The minimum atomic E-state index is -1.00. The van der Waals surface area contributed by atoms with Crippen molar-refractivity contribution >= 4 is 39.2 Å². The molecule has 2 aromatic carbocycles. The Morgan fingerprint density at radius 1 is 1.26 bits per heavy atom. The summed E-state index contributed by atoms with van der Waals surface area (Å²) in [5.74, 6) is -1.00. The Hall–Kier alpha value is -1.52. The van der Waals surface area contributed by atoms with Crippen molar-refractivity contribution in [2.24, 2.45) is 0 Å². The average Bonchev–Trinajstić information content (AvgIpc) is 2.37. The lowest BCUT2D eigenvalue weighted by Gasteiger charge is -2.10. The topological polar surface area (TPSA) is 49.3 Å². The number of carboxylic acid groups (broad SMARTS) is 1. The highest BCUT2D eigenvalue weighted by atomic mass is 79.9. The van der Waals surface area contributed by atoms with Gasteiger partial charge in [-0.05, 0) is 35.9 Å². The highest BCUT2D eigenvalue weighted by Gasteiger charge is 2.10. The molecule has 3 nitrogen and oxygen atoms in total. The first-order chi connectivity index (χ1) is 9.06. The third-order valence-electron chi connectivity index (χ3n) is 2.58. The summed E-state index contributed by atoms with van der Waals surface area (Å²) >= 11 is 9.20. The summed E-state index contributed by atoms with van der Waals surface area (Å²) in [6.07, 6.45) is 0. The van der Waals surface area contributed by atoms with Crippen molar-refractivity contribution in [2.45, 2.75) is 6.54 Å². The maximum Gasteiger partial charge on any atom is 0.337 e. The van der Waals surface area contributed by atoms with Gasteiger partial charge in [0.15, 0.2) is 0 Å². The molecule has 0 radical (unpaired) electrons. The SMILES string of the molecule is O=C(O)c1cc(Cl)ccc1NCc1cccc(Br)c1. The van der Waals surface area contributed by atoms with Crippen molar-refractivity contribution in [3.63, 3.8) is 0 Å². The van der Waals surface area contributed by atoms with E-state index in [-0.39, 0.29) is 5.56 Å². The third kappa shape index (κ3) is 3.72. The summed E-state index contributed by atoms with van der Waals surface area (Å²) in [6, 6.07) is 12.6. The fourth-order valence-corrected chi connectivity index (χ4v) is 2.31. The number of carboxylic acids is 1. The number of halogens is 2. The van der Waals surface area contributed by atoms with E-state index in [9.17, 15) is 4.79 Å². The lowest BCUT2D eigenvalue weighted by Crippen LogP contribution is -2.06. The molecule has 0 saturated carbocycles. The van der Waals surface area contributed by atoms with Crippen molar-refractivity contribution in [3.05, 3.63) is 63.1 Å². The first-order valence-electron chi connectivity index (χ1n) is 5.57. The van der Waals surface area contributed by atoms with Crippen LogP contribution in [0.3, 0.4) is 0 Å². The van der Waals surface area contributed by atoms with Gasteiger partial charge >= 0.3 is 5.97 Å². The molecule has 0 heterocycles. The van der Waals surface area contributed by atoms with Gasteiger partial charge in [0.2, 0.25) is 0 Å². The molecule has 0 unspecified atom stereocenters. The Kier molecular flexibility index (Phi) is 4.45. The smallest absolute Gasteiger partial charge is 0.337 e. The number of hydrogen-bond acceptors (Lipinski definition) is 2. The molecule has 98 valence electrons. The van der Waals surface area contributed by atoms with E-state index in [1.54, 1.807) is 12.1 Å². The fraction of sp³-hybridized carbons (Fsp3) is 0.0714. The summed E-state index contributed by atoms with van der Waals surface area (Å²) in [7, 11) is 0. The molecular weight excluding hydrogens is 330 g/mol. The molecule has 0 amide bonds. The third-order valence-corrected chi connectivity index (χ3v) is 3.31. The predicted molar refractivity (Wildman–Crippen MR) is 79.9 cm³/mol. The Morgan fingerprint density at radius 3 is 2.74 bits per heavy atom. The van der Waals surface area contributed by atoms with Crippen LogP contribution < -0.4 is 5.32 Å². The maximum atomic E-state index is 11.1. The number of benzene rings is 2. The largest absolute Gasteiger partial charge is 0.478 e. The normalized spacial score (nSPS) is 10.2. The second kappa shape index (κ2) is 6.08. The van der Waals surface area contributed by atoms with E-state index in [0.29, 0.717) is 17.3 Å². The minimum absolute atomic E-state index is 0.169. The summed E-state index contributed by atoms with van der Waals surface area (Å²) in [5.41, 5.74) is 1.78. The van der Waals surface area contributed by atoms with Crippen molar-refractivity contribution in [1.29, 1.82) is 0 Å². The van der Waals surface area contributed by atoms with Gasteiger partial charge < -0.3 is 10.4 Å². The quantitative estimate of drug-likeness (QED) is 0.866. The molecule has 0 fully saturated rings. The molecule has 0 aliphatic heterocycles. The van der Waals surface area contributed by atoms with Crippen molar-refractivity contribution in [1.82, 2.24) is 0 Å². The molecule has 0 spiro atoms. The number of carbonyl (C=O) groups is 1. The van der Waals surface area contributed by atoms with E-state index in [1.807, 2.05) is 24.3 Å². The van der Waals surface area contributed by atoms with E-state index in [1.165, 1.54) is 6.07 Å². The molecule has 2 N–H and O–H groups in total. The first kappa shape index (κ1) is 13.9. The van der Waals surface area contributed by atoms with Crippen LogP contribution in [0.5, 0.6) is 0 Å². The van der Waals surface area contributed by atoms with E-state index in [4.69, 9.17) is 16.7 Å². The van der Waals surface area contributed by atoms with Gasteiger partial charge in [0, 0.05) is 21.7 Å². The highest BCUT2D eigenvalue weighted by molar-refractivity contribution is 9.10. The number of rotatable bonds is 4. The number of nitrogens with one attached hydrogen (secondary N) is 1. The average molecular weight is 341 g/mol. The monoisotopic (exact) mass is 339 g/mol. The first-order valence-corrected chi connectivity index (χ1v) is 6.74. The van der Waals surface area contributed by atoms with Gasteiger partial charge in [0.05, 0.1) is 5.56 Å². The minimum Gasteiger partial charge on any atom is -0.478 e. The lowest BCUT2D eigenvalue weighted by molar-refractivity contribution is 0.0698. The second-order valence-electron chi connectivity index (χ2n) is 3.98. The Labute approximate surface area is 124 Å². The molecule has 0 aliphatic rings. The molecule has 0 aliphatic carbocycles. The van der Waals surface area contributed by atoms with Gasteiger partial charge in [-0.2, -0.15) is 0 Å². The van der Waals surface area contributed by atoms with Gasteiger partial charge in [-0.1, -0.05) is 39.7 Å². The lowest BCUT2D eigenvalue weighted by atomic mass is 10.1. The van der Waals surface area contributed by atoms with E-state index in [2.05, 4.69) is 21.2 Å². The van der Waals surface area contributed by atoms with Crippen LogP contribution in [-0.2, 0) is 6.54 Å². The van der Waals surface area contributed by atoms with Gasteiger partial charge in [-0.3, -0.25) is 0 Å². The zero-order chi connectivity index (χ0) is 13.8. The molecule has 19 heavy (non-hydrogen) atoms.